The zero-order valence-electron chi connectivity index (χ0n) is 16.4. The van der Waals surface area contributed by atoms with E-state index in [-0.39, 0.29) is 42.4 Å². The number of hydrogen-bond donors (Lipinski definition) is 4. The Balaban J connectivity index is 1.86. The predicted molar refractivity (Wildman–Crippen MR) is 112 cm³/mol. The van der Waals surface area contributed by atoms with Crippen molar-refractivity contribution in [3.05, 3.63) is 30.9 Å². The summed E-state index contributed by atoms with van der Waals surface area (Å²) in [4.78, 5) is 36.1. The summed E-state index contributed by atoms with van der Waals surface area (Å²) in [6.07, 6.45) is 1.96. The molecule has 1 aromatic carbocycles. The Morgan fingerprint density at radius 3 is 2.79 bits per heavy atom. The number of ether oxygens (including phenoxy) is 2. The molecule has 29 heavy (non-hydrogen) atoms. The van der Waals surface area contributed by atoms with Crippen molar-refractivity contribution >= 4 is 35.2 Å². The van der Waals surface area contributed by atoms with Crippen molar-refractivity contribution in [2.24, 2.45) is 0 Å². The predicted octanol–water partition coefficient (Wildman–Crippen LogP) is 0.830. The number of anilines is 1. The van der Waals surface area contributed by atoms with Gasteiger partial charge in [-0.25, -0.2) is 0 Å². The summed E-state index contributed by atoms with van der Waals surface area (Å²) in [5.41, 5.74) is 0.0289. The quantitative estimate of drug-likeness (QED) is 0.413. The number of hydrogen-bond acceptors (Lipinski definition) is 7. The van der Waals surface area contributed by atoms with Crippen molar-refractivity contribution in [3.63, 3.8) is 0 Å². The minimum atomic E-state index is -0.466. The molecule has 3 amide bonds. The van der Waals surface area contributed by atoms with Crippen LogP contribution in [0.25, 0.3) is 0 Å². The molecular formula is C19H26N4O5S. The molecule has 1 saturated heterocycles. The first kappa shape index (κ1) is 22.6. The molecule has 1 aliphatic heterocycles. The zero-order chi connectivity index (χ0) is 21.2. The van der Waals surface area contributed by atoms with Gasteiger partial charge in [-0.05, 0) is 12.1 Å². The van der Waals surface area contributed by atoms with Gasteiger partial charge in [0.05, 0.1) is 25.7 Å². The van der Waals surface area contributed by atoms with Gasteiger partial charge in [0.25, 0.3) is 0 Å². The Kier molecular flexibility index (Phi) is 8.81. The zero-order valence-corrected chi connectivity index (χ0v) is 17.3. The monoisotopic (exact) mass is 422 g/mol. The number of benzene rings is 1. The maximum Gasteiger partial charge on any atom is 0.234 e. The lowest BCUT2D eigenvalue weighted by Gasteiger charge is -2.30. The second-order valence-electron chi connectivity index (χ2n) is 6.24. The fourth-order valence-corrected chi connectivity index (χ4v) is 3.60. The SMILES string of the molecule is C=CCNC(=O)CC1CC(=O)NC(SCC(=O)Nc2cc(OC)ccc2OC)N1. The minimum Gasteiger partial charge on any atom is -0.497 e. The molecule has 1 aliphatic rings. The van der Waals surface area contributed by atoms with E-state index in [0.29, 0.717) is 23.7 Å². The highest BCUT2D eigenvalue weighted by molar-refractivity contribution is 8.00. The van der Waals surface area contributed by atoms with Gasteiger partial charge < -0.3 is 25.4 Å². The normalized spacial score (nSPS) is 18.3. The van der Waals surface area contributed by atoms with E-state index in [1.165, 1.54) is 26.0 Å². The van der Waals surface area contributed by atoms with Gasteiger partial charge in [-0.15, -0.1) is 18.3 Å². The van der Waals surface area contributed by atoms with Crippen LogP contribution in [-0.4, -0.2) is 55.8 Å². The summed E-state index contributed by atoms with van der Waals surface area (Å²) < 4.78 is 10.4. The van der Waals surface area contributed by atoms with E-state index in [9.17, 15) is 14.4 Å². The number of thioether (sulfide) groups is 1. The molecule has 4 N–H and O–H groups in total. The lowest BCUT2D eigenvalue weighted by molar-refractivity contribution is -0.125. The van der Waals surface area contributed by atoms with Crippen molar-refractivity contribution < 1.29 is 23.9 Å². The van der Waals surface area contributed by atoms with Crippen LogP contribution in [0.2, 0.25) is 0 Å². The molecule has 10 heteroatoms. The number of methoxy groups -OCH3 is 2. The van der Waals surface area contributed by atoms with E-state index < -0.39 is 5.50 Å². The highest BCUT2D eigenvalue weighted by Gasteiger charge is 2.28. The minimum absolute atomic E-state index is 0.0910. The summed E-state index contributed by atoms with van der Waals surface area (Å²) in [5, 5.41) is 11.4. The summed E-state index contributed by atoms with van der Waals surface area (Å²) >= 11 is 1.23. The van der Waals surface area contributed by atoms with Crippen molar-refractivity contribution in [1.82, 2.24) is 16.0 Å². The first-order valence-electron chi connectivity index (χ1n) is 9.01. The molecule has 0 saturated carbocycles. The average molecular weight is 423 g/mol. The lowest BCUT2D eigenvalue weighted by Crippen LogP contribution is -2.56. The summed E-state index contributed by atoms with van der Waals surface area (Å²) in [6.45, 7) is 3.92. The van der Waals surface area contributed by atoms with Crippen LogP contribution in [-0.2, 0) is 14.4 Å². The first-order chi connectivity index (χ1) is 13.9. The molecule has 2 rings (SSSR count). The van der Waals surface area contributed by atoms with Crippen molar-refractivity contribution in [3.8, 4) is 11.5 Å². The van der Waals surface area contributed by atoms with Crippen LogP contribution >= 0.6 is 11.8 Å². The Morgan fingerprint density at radius 2 is 2.10 bits per heavy atom. The molecule has 1 aromatic rings. The highest BCUT2D eigenvalue weighted by atomic mass is 32.2. The van der Waals surface area contributed by atoms with Crippen LogP contribution < -0.4 is 30.7 Å². The number of rotatable bonds is 10. The van der Waals surface area contributed by atoms with Crippen molar-refractivity contribution in [2.75, 3.05) is 31.8 Å². The number of amides is 3. The van der Waals surface area contributed by atoms with Gasteiger partial charge in [-0.3, -0.25) is 19.7 Å². The van der Waals surface area contributed by atoms with Crippen LogP contribution in [0.5, 0.6) is 11.5 Å². The van der Waals surface area contributed by atoms with E-state index in [4.69, 9.17) is 9.47 Å². The second kappa shape index (κ2) is 11.3. The van der Waals surface area contributed by atoms with Gasteiger partial charge in [-0.1, -0.05) is 6.08 Å². The van der Waals surface area contributed by atoms with E-state index >= 15 is 0 Å². The Hall–Kier alpha value is -2.72. The van der Waals surface area contributed by atoms with E-state index in [1.807, 2.05) is 0 Å². The van der Waals surface area contributed by atoms with Crippen LogP contribution in [0.4, 0.5) is 5.69 Å². The number of nitrogens with one attached hydrogen (secondary N) is 4. The topological polar surface area (TPSA) is 118 Å². The Bertz CT molecular complexity index is 758. The lowest BCUT2D eigenvalue weighted by atomic mass is 10.1. The third-order valence-electron chi connectivity index (χ3n) is 4.05. The molecule has 0 aromatic heterocycles. The summed E-state index contributed by atoms with van der Waals surface area (Å²) in [6, 6.07) is 4.80. The molecule has 2 unspecified atom stereocenters. The largest absolute Gasteiger partial charge is 0.497 e. The van der Waals surface area contributed by atoms with E-state index in [1.54, 1.807) is 24.3 Å². The highest BCUT2D eigenvalue weighted by Crippen LogP contribution is 2.29. The third kappa shape index (κ3) is 7.31. The van der Waals surface area contributed by atoms with E-state index in [0.717, 1.165) is 0 Å². The summed E-state index contributed by atoms with van der Waals surface area (Å²) in [7, 11) is 3.05. The molecule has 0 radical (unpaired) electrons. The van der Waals surface area contributed by atoms with Crippen LogP contribution in [0.3, 0.4) is 0 Å². The summed E-state index contributed by atoms with van der Waals surface area (Å²) in [5.74, 6) is 0.601. The first-order valence-corrected chi connectivity index (χ1v) is 10.1. The van der Waals surface area contributed by atoms with Crippen LogP contribution in [0, 0.1) is 0 Å². The van der Waals surface area contributed by atoms with Gasteiger partial charge in [0, 0.05) is 31.5 Å². The number of carbonyl (C=O) groups is 3. The molecule has 1 fully saturated rings. The second-order valence-corrected chi connectivity index (χ2v) is 7.33. The van der Waals surface area contributed by atoms with Crippen molar-refractivity contribution in [2.45, 2.75) is 24.4 Å². The maximum atomic E-state index is 12.3. The van der Waals surface area contributed by atoms with Gasteiger partial charge in [0.1, 0.15) is 17.0 Å². The average Bonchev–Trinajstić information content (AvgIpc) is 2.70. The molecule has 9 nitrogen and oxygen atoms in total. The number of carbonyl (C=O) groups excluding carboxylic acids is 3. The van der Waals surface area contributed by atoms with E-state index in [2.05, 4.69) is 27.8 Å². The molecular weight excluding hydrogens is 396 g/mol. The van der Waals surface area contributed by atoms with Gasteiger partial charge >= 0.3 is 0 Å². The van der Waals surface area contributed by atoms with Gasteiger partial charge in [-0.2, -0.15) is 0 Å². The molecule has 0 bridgehead atoms. The van der Waals surface area contributed by atoms with Crippen molar-refractivity contribution in [1.29, 1.82) is 0 Å². The molecule has 0 spiro atoms. The third-order valence-corrected chi connectivity index (χ3v) is 5.06. The molecule has 2 atom stereocenters. The smallest absolute Gasteiger partial charge is 0.234 e. The molecule has 158 valence electrons. The molecule has 1 heterocycles. The van der Waals surface area contributed by atoms with Gasteiger partial charge in [0.15, 0.2) is 0 Å². The Labute approximate surface area is 174 Å². The fourth-order valence-electron chi connectivity index (χ4n) is 2.70. The van der Waals surface area contributed by atoms with Gasteiger partial charge in [0.2, 0.25) is 17.7 Å². The van der Waals surface area contributed by atoms with Crippen LogP contribution in [0.1, 0.15) is 12.8 Å². The van der Waals surface area contributed by atoms with Crippen LogP contribution in [0.15, 0.2) is 30.9 Å². The standard InChI is InChI=1S/C19H26N4O5S/c1-4-7-20-16(24)8-12-9-17(25)23-19(21-12)29-11-18(26)22-14-10-13(27-2)5-6-15(14)28-3/h4-6,10,12,19,21H,1,7-9,11H2,2-3H3,(H,20,24)(H,22,26)(H,23,25). The Morgan fingerprint density at radius 1 is 1.31 bits per heavy atom. The maximum absolute atomic E-state index is 12.3. The molecule has 0 aliphatic carbocycles. The fraction of sp³-hybridized carbons (Fsp3) is 0.421.